The van der Waals surface area contributed by atoms with Crippen LogP contribution in [0.5, 0.6) is 5.75 Å². The van der Waals surface area contributed by atoms with E-state index in [2.05, 4.69) is 21.7 Å². The standard InChI is InChI=1S/C14H16N4O2/c19-14(10-18-6-5-16-17-18)15-9-11-3-4-13-12(8-11)2-1-7-20-13/h3-6,8H,1-2,7,9-10H2,(H,15,19). The van der Waals surface area contributed by atoms with E-state index in [0.717, 1.165) is 30.8 Å². The van der Waals surface area contributed by atoms with Crippen LogP contribution in [0.3, 0.4) is 0 Å². The molecule has 1 aromatic carbocycles. The third-order valence-electron chi connectivity index (χ3n) is 3.24. The monoisotopic (exact) mass is 272 g/mol. The van der Waals surface area contributed by atoms with Crippen LogP contribution in [-0.4, -0.2) is 27.5 Å². The summed E-state index contributed by atoms with van der Waals surface area (Å²) in [5.41, 5.74) is 2.31. The first-order chi connectivity index (χ1) is 9.81. The topological polar surface area (TPSA) is 69.0 Å². The van der Waals surface area contributed by atoms with Crippen molar-refractivity contribution in [2.75, 3.05) is 6.61 Å². The van der Waals surface area contributed by atoms with Gasteiger partial charge in [-0.3, -0.25) is 4.79 Å². The van der Waals surface area contributed by atoms with Crippen molar-refractivity contribution in [3.8, 4) is 5.75 Å². The van der Waals surface area contributed by atoms with Crippen molar-refractivity contribution in [1.82, 2.24) is 20.3 Å². The van der Waals surface area contributed by atoms with Gasteiger partial charge in [0.15, 0.2) is 0 Å². The normalized spacial score (nSPS) is 13.4. The minimum absolute atomic E-state index is 0.0792. The first-order valence-corrected chi connectivity index (χ1v) is 6.67. The minimum atomic E-state index is -0.0792. The second kappa shape index (κ2) is 5.73. The summed E-state index contributed by atoms with van der Waals surface area (Å²) in [5, 5.41) is 10.3. The number of fused-ring (bicyclic) bond motifs is 1. The van der Waals surface area contributed by atoms with Crippen molar-refractivity contribution in [2.45, 2.75) is 25.9 Å². The highest BCUT2D eigenvalue weighted by Gasteiger charge is 2.11. The van der Waals surface area contributed by atoms with Gasteiger partial charge in [0, 0.05) is 12.7 Å². The molecule has 0 atom stereocenters. The number of rotatable bonds is 4. The van der Waals surface area contributed by atoms with Crippen LogP contribution in [0.2, 0.25) is 0 Å². The molecule has 6 heteroatoms. The summed E-state index contributed by atoms with van der Waals surface area (Å²) >= 11 is 0. The van der Waals surface area contributed by atoms with E-state index in [9.17, 15) is 4.79 Å². The van der Waals surface area contributed by atoms with Gasteiger partial charge in [0.1, 0.15) is 12.3 Å². The fraction of sp³-hybridized carbons (Fsp3) is 0.357. The van der Waals surface area contributed by atoms with Gasteiger partial charge in [-0.2, -0.15) is 0 Å². The number of hydrogen-bond acceptors (Lipinski definition) is 4. The number of nitrogens with one attached hydrogen (secondary N) is 1. The molecule has 1 aliphatic rings. The summed E-state index contributed by atoms with van der Waals surface area (Å²) in [4.78, 5) is 11.7. The van der Waals surface area contributed by atoms with Crippen molar-refractivity contribution in [1.29, 1.82) is 0 Å². The summed E-state index contributed by atoms with van der Waals surface area (Å²) in [7, 11) is 0. The molecule has 0 saturated heterocycles. The Labute approximate surface area is 116 Å². The van der Waals surface area contributed by atoms with E-state index < -0.39 is 0 Å². The number of aromatic nitrogens is 3. The Hall–Kier alpha value is -2.37. The molecule has 20 heavy (non-hydrogen) atoms. The average Bonchev–Trinajstić information content (AvgIpc) is 2.98. The molecular weight excluding hydrogens is 256 g/mol. The molecule has 1 amide bonds. The van der Waals surface area contributed by atoms with E-state index >= 15 is 0 Å². The van der Waals surface area contributed by atoms with Crippen LogP contribution in [0.15, 0.2) is 30.6 Å². The predicted molar refractivity (Wildman–Crippen MR) is 72.1 cm³/mol. The highest BCUT2D eigenvalue weighted by atomic mass is 16.5. The largest absolute Gasteiger partial charge is 0.493 e. The fourth-order valence-corrected chi connectivity index (χ4v) is 2.24. The van der Waals surface area contributed by atoms with Crippen LogP contribution in [-0.2, 0) is 24.3 Å². The van der Waals surface area contributed by atoms with Crippen LogP contribution in [0.1, 0.15) is 17.5 Å². The molecule has 2 heterocycles. The molecule has 104 valence electrons. The lowest BCUT2D eigenvalue weighted by Gasteiger charge is -2.18. The number of nitrogens with zero attached hydrogens (tertiary/aromatic N) is 3. The summed E-state index contributed by atoms with van der Waals surface area (Å²) in [5.74, 6) is 0.887. The van der Waals surface area contributed by atoms with Crippen LogP contribution in [0, 0.1) is 0 Å². The van der Waals surface area contributed by atoms with E-state index in [4.69, 9.17) is 4.74 Å². The molecule has 1 aromatic heterocycles. The number of amides is 1. The number of ether oxygens (including phenoxy) is 1. The molecule has 0 saturated carbocycles. The maximum Gasteiger partial charge on any atom is 0.242 e. The van der Waals surface area contributed by atoms with Crippen LogP contribution in [0.4, 0.5) is 0 Å². The lowest BCUT2D eigenvalue weighted by molar-refractivity contribution is -0.122. The quantitative estimate of drug-likeness (QED) is 0.898. The Balaban J connectivity index is 1.56. The van der Waals surface area contributed by atoms with Crippen molar-refractivity contribution in [3.63, 3.8) is 0 Å². The Bertz CT molecular complexity index is 595. The van der Waals surface area contributed by atoms with E-state index in [-0.39, 0.29) is 12.5 Å². The third kappa shape index (κ3) is 2.96. The Morgan fingerprint density at radius 3 is 3.25 bits per heavy atom. The zero-order chi connectivity index (χ0) is 13.8. The van der Waals surface area contributed by atoms with Gasteiger partial charge in [0.2, 0.25) is 5.91 Å². The van der Waals surface area contributed by atoms with Gasteiger partial charge < -0.3 is 10.1 Å². The summed E-state index contributed by atoms with van der Waals surface area (Å²) in [6.07, 6.45) is 5.30. The van der Waals surface area contributed by atoms with E-state index in [1.807, 2.05) is 12.1 Å². The Morgan fingerprint density at radius 2 is 2.40 bits per heavy atom. The minimum Gasteiger partial charge on any atom is -0.493 e. The summed E-state index contributed by atoms with van der Waals surface area (Å²) < 4.78 is 7.06. The fourth-order valence-electron chi connectivity index (χ4n) is 2.24. The third-order valence-corrected chi connectivity index (χ3v) is 3.24. The molecule has 6 nitrogen and oxygen atoms in total. The van der Waals surface area contributed by atoms with E-state index in [1.165, 1.54) is 10.2 Å². The average molecular weight is 272 g/mol. The number of hydrogen-bond donors (Lipinski definition) is 1. The van der Waals surface area contributed by atoms with Gasteiger partial charge in [-0.25, -0.2) is 4.68 Å². The second-order valence-electron chi connectivity index (χ2n) is 4.77. The zero-order valence-corrected chi connectivity index (χ0v) is 11.1. The molecule has 0 unspecified atom stereocenters. The van der Waals surface area contributed by atoms with Crippen molar-refractivity contribution in [3.05, 3.63) is 41.7 Å². The maximum atomic E-state index is 11.7. The first-order valence-electron chi connectivity index (χ1n) is 6.67. The molecule has 0 aliphatic carbocycles. The Morgan fingerprint density at radius 1 is 1.45 bits per heavy atom. The molecule has 0 bridgehead atoms. The Kier molecular flexibility index (Phi) is 3.62. The number of carbonyl (C=O) groups excluding carboxylic acids is 1. The van der Waals surface area contributed by atoms with Crippen molar-refractivity contribution < 1.29 is 9.53 Å². The maximum absolute atomic E-state index is 11.7. The second-order valence-corrected chi connectivity index (χ2v) is 4.77. The lowest BCUT2D eigenvalue weighted by Crippen LogP contribution is -2.27. The molecule has 0 spiro atoms. The molecule has 2 aromatic rings. The molecule has 0 radical (unpaired) electrons. The van der Waals surface area contributed by atoms with Crippen LogP contribution < -0.4 is 10.1 Å². The SMILES string of the molecule is O=C(Cn1ccnn1)NCc1ccc2c(c1)CCCO2. The van der Waals surface area contributed by atoms with Crippen LogP contribution in [0.25, 0.3) is 0 Å². The lowest BCUT2D eigenvalue weighted by atomic mass is 10.0. The van der Waals surface area contributed by atoms with Crippen LogP contribution >= 0.6 is 0 Å². The van der Waals surface area contributed by atoms with Gasteiger partial charge in [-0.15, -0.1) is 5.10 Å². The van der Waals surface area contributed by atoms with Gasteiger partial charge in [0.05, 0.1) is 12.8 Å². The van der Waals surface area contributed by atoms with Crippen molar-refractivity contribution in [2.24, 2.45) is 0 Å². The summed E-state index contributed by atoms with van der Waals surface area (Å²) in [6.45, 7) is 1.50. The van der Waals surface area contributed by atoms with E-state index in [1.54, 1.807) is 12.4 Å². The highest BCUT2D eigenvalue weighted by Crippen LogP contribution is 2.25. The molecule has 3 rings (SSSR count). The molecule has 1 aliphatic heterocycles. The molecular formula is C14H16N4O2. The number of carbonyl (C=O) groups is 1. The first kappa shape index (κ1) is 12.7. The zero-order valence-electron chi connectivity index (χ0n) is 11.1. The number of aryl methyl sites for hydroxylation is 1. The molecule has 0 fully saturated rings. The van der Waals surface area contributed by atoms with Crippen molar-refractivity contribution >= 4 is 5.91 Å². The van der Waals surface area contributed by atoms with Gasteiger partial charge in [-0.1, -0.05) is 17.3 Å². The van der Waals surface area contributed by atoms with Gasteiger partial charge in [-0.05, 0) is 30.0 Å². The van der Waals surface area contributed by atoms with Gasteiger partial charge in [0.25, 0.3) is 0 Å². The summed E-state index contributed by atoms with van der Waals surface area (Å²) in [6, 6.07) is 6.07. The van der Waals surface area contributed by atoms with Gasteiger partial charge >= 0.3 is 0 Å². The van der Waals surface area contributed by atoms with E-state index in [0.29, 0.717) is 6.54 Å². The smallest absolute Gasteiger partial charge is 0.242 e. The highest BCUT2D eigenvalue weighted by molar-refractivity contribution is 5.75. The number of benzene rings is 1. The molecule has 1 N–H and O–H groups in total. The predicted octanol–water partition coefficient (Wildman–Crippen LogP) is 0.919.